The van der Waals surface area contributed by atoms with Crippen LogP contribution in [-0.4, -0.2) is 28.7 Å². The summed E-state index contributed by atoms with van der Waals surface area (Å²) in [6.45, 7) is -0.537. The number of carboxylic acid groups (broad SMARTS) is 2. The Hall–Kier alpha value is -3.23. The lowest BCUT2D eigenvalue weighted by Gasteiger charge is -2.24. The zero-order valence-corrected chi connectivity index (χ0v) is 14.3. The molecule has 0 amide bonds. The van der Waals surface area contributed by atoms with E-state index in [9.17, 15) is 9.59 Å². The zero-order chi connectivity index (χ0) is 19.3. The van der Waals surface area contributed by atoms with Crippen LogP contribution in [0.1, 0.15) is 0 Å². The van der Waals surface area contributed by atoms with Gasteiger partial charge in [0.1, 0.15) is 12.4 Å². The van der Waals surface area contributed by atoms with Gasteiger partial charge in [0, 0.05) is 10.7 Å². The normalized spacial score (nSPS) is 11.5. The Bertz CT molecular complexity index is 835. The second-order valence-electron chi connectivity index (χ2n) is 5.24. The topological polar surface area (TPSA) is 142 Å². The van der Waals surface area contributed by atoms with Crippen molar-refractivity contribution in [3.8, 4) is 11.1 Å². The van der Waals surface area contributed by atoms with Crippen LogP contribution < -0.4 is 21.9 Å². The molecular weight excluding hydrogens is 360 g/mol. The number of anilines is 1. The number of nitrogens with one attached hydrogen (secondary N) is 1. The number of halogens is 1. The molecule has 0 radical (unpaired) electrons. The molecule has 2 rings (SSSR count). The van der Waals surface area contributed by atoms with Gasteiger partial charge in [0.15, 0.2) is 5.70 Å². The van der Waals surface area contributed by atoms with E-state index in [2.05, 4.69) is 0 Å². The standard InChI is InChI=1S/C17H17ClN4O4/c18-12-5-1-10(2-6-12)11-3-7-13(8-4-11)22(9-14(23)24)16(19)15(21-20)17(25)26/h1-8,21H,9,19-20H2,(H,23,24)(H,25,26)/b16-15+. The van der Waals surface area contributed by atoms with Gasteiger partial charge in [-0.2, -0.15) is 0 Å². The van der Waals surface area contributed by atoms with Gasteiger partial charge in [0.25, 0.3) is 0 Å². The van der Waals surface area contributed by atoms with Crippen LogP contribution in [-0.2, 0) is 9.59 Å². The molecule has 0 atom stereocenters. The maximum absolute atomic E-state index is 11.2. The summed E-state index contributed by atoms with van der Waals surface area (Å²) in [4.78, 5) is 23.5. The van der Waals surface area contributed by atoms with E-state index in [1.54, 1.807) is 36.4 Å². The third-order valence-corrected chi connectivity index (χ3v) is 3.81. The highest BCUT2D eigenvalue weighted by molar-refractivity contribution is 6.30. The molecule has 2 aromatic carbocycles. The quantitative estimate of drug-likeness (QED) is 0.278. The number of aliphatic carboxylic acids is 2. The highest BCUT2D eigenvalue weighted by Gasteiger charge is 2.20. The molecule has 0 saturated carbocycles. The molecule has 0 spiro atoms. The molecule has 136 valence electrons. The molecule has 8 nitrogen and oxygen atoms in total. The summed E-state index contributed by atoms with van der Waals surface area (Å²) in [5.74, 6) is 2.27. The van der Waals surface area contributed by atoms with Gasteiger partial charge in [-0.15, -0.1) is 0 Å². The summed E-state index contributed by atoms with van der Waals surface area (Å²) in [6.07, 6.45) is 0. The van der Waals surface area contributed by atoms with Gasteiger partial charge in [0.05, 0.1) is 0 Å². The van der Waals surface area contributed by atoms with E-state index in [1.807, 2.05) is 17.6 Å². The fourth-order valence-corrected chi connectivity index (χ4v) is 2.43. The Morgan fingerprint density at radius 1 is 1.00 bits per heavy atom. The van der Waals surface area contributed by atoms with Crippen LogP contribution in [0.2, 0.25) is 5.02 Å². The summed E-state index contributed by atoms with van der Waals surface area (Å²) < 4.78 is 0. The van der Waals surface area contributed by atoms with E-state index < -0.39 is 24.2 Å². The third kappa shape index (κ3) is 4.44. The number of hydrazine groups is 1. The molecule has 0 aliphatic heterocycles. The van der Waals surface area contributed by atoms with E-state index in [-0.39, 0.29) is 5.82 Å². The van der Waals surface area contributed by atoms with Crippen molar-refractivity contribution in [2.45, 2.75) is 0 Å². The van der Waals surface area contributed by atoms with Crippen molar-refractivity contribution in [3.05, 3.63) is 65.1 Å². The summed E-state index contributed by atoms with van der Waals surface area (Å²) in [6, 6.07) is 14.0. The van der Waals surface area contributed by atoms with Crippen LogP contribution in [0.3, 0.4) is 0 Å². The maximum atomic E-state index is 11.2. The first-order valence-corrected chi connectivity index (χ1v) is 7.76. The molecule has 0 fully saturated rings. The minimum absolute atomic E-state index is 0.318. The minimum Gasteiger partial charge on any atom is -0.480 e. The van der Waals surface area contributed by atoms with Crippen molar-refractivity contribution in [3.63, 3.8) is 0 Å². The SMILES string of the molecule is NN/C(C(=O)O)=C(\N)N(CC(=O)O)c1ccc(-c2ccc(Cl)cc2)cc1. The van der Waals surface area contributed by atoms with Gasteiger partial charge in [-0.3, -0.25) is 10.6 Å². The second kappa shape index (κ2) is 8.24. The summed E-state index contributed by atoms with van der Waals surface area (Å²) >= 11 is 5.87. The summed E-state index contributed by atoms with van der Waals surface area (Å²) in [5.41, 5.74) is 9.49. The van der Waals surface area contributed by atoms with E-state index in [4.69, 9.17) is 33.4 Å². The van der Waals surface area contributed by atoms with E-state index in [1.165, 1.54) is 0 Å². The highest BCUT2D eigenvalue weighted by Crippen LogP contribution is 2.25. The summed E-state index contributed by atoms with van der Waals surface area (Å²) in [5, 5.41) is 18.9. The van der Waals surface area contributed by atoms with Gasteiger partial charge < -0.3 is 26.3 Å². The van der Waals surface area contributed by atoms with Crippen molar-refractivity contribution >= 4 is 29.2 Å². The first-order valence-electron chi connectivity index (χ1n) is 7.38. The number of rotatable bonds is 7. The number of nitrogens with two attached hydrogens (primary N) is 2. The first kappa shape index (κ1) is 19.1. The van der Waals surface area contributed by atoms with Gasteiger partial charge >= 0.3 is 11.9 Å². The molecule has 0 aliphatic carbocycles. The molecule has 0 heterocycles. The average molecular weight is 377 g/mol. The molecule has 9 heteroatoms. The Kier molecular flexibility index (Phi) is 6.05. The number of hydrogen-bond donors (Lipinski definition) is 5. The van der Waals surface area contributed by atoms with E-state index in [0.29, 0.717) is 10.7 Å². The fourth-order valence-electron chi connectivity index (χ4n) is 2.31. The number of carbonyl (C=O) groups is 2. The van der Waals surface area contributed by atoms with Crippen LogP contribution in [0.4, 0.5) is 5.69 Å². The van der Waals surface area contributed by atoms with Gasteiger partial charge in [-0.1, -0.05) is 35.9 Å². The van der Waals surface area contributed by atoms with Crippen molar-refractivity contribution in [2.24, 2.45) is 11.6 Å². The summed E-state index contributed by atoms with van der Waals surface area (Å²) in [7, 11) is 0. The first-order chi connectivity index (χ1) is 12.3. The van der Waals surface area contributed by atoms with E-state index >= 15 is 0 Å². The monoisotopic (exact) mass is 376 g/mol. The molecular formula is C17H17ClN4O4. The van der Waals surface area contributed by atoms with Crippen LogP contribution >= 0.6 is 11.6 Å². The predicted octanol–water partition coefficient (Wildman–Crippen LogP) is 1.57. The van der Waals surface area contributed by atoms with Crippen LogP contribution in [0.5, 0.6) is 0 Å². The highest BCUT2D eigenvalue weighted by atomic mass is 35.5. The van der Waals surface area contributed by atoms with E-state index in [0.717, 1.165) is 16.0 Å². The molecule has 0 bridgehead atoms. The molecule has 2 aromatic rings. The van der Waals surface area contributed by atoms with Crippen molar-refractivity contribution in [2.75, 3.05) is 11.4 Å². The average Bonchev–Trinajstić information content (AvgIpc) is 2.60. The Morgan fingerprint density at radius 2 is 1.50 bits per heavy atom. The lowest BCUT2D eigenvalue weighted by Crippen LogP contribution is -2.39. The van der Waals surface area contributed by atoms with Crippen molar-refractivity contribution in [1.29, 1.82) is 0 Å². The largest absolute Gasteiger partial charge is 0.480 e. The molecule has 0 aliphatic rings. The lowest BCUT2D eigenvalue weighted by molar-refractivity contribution is -0.136. The fraction of sp³-hybridized carbons (Fsp3) is 0.0588. The zero-order valence-electron chi connectivity index (χ0n) is 13.5. The number of carboxylic acids is 2. The Balaban J connectivity index is 2.41. The number of hydrogen-bond acceptors (Lipinski definition) is 6. The Labute approximate surface area is 154 Å². The minimum atomic E-state index is -1.40. The second-order valence-corrected chi connectivity index (χ2v) is 5.68. The van der Waals surface area contributed by atoms with Crippen LogP contribution in [0.15, 0.2) is 60.0 Å². The molecule has 0 saturated heterocycles. The Morgan fingerprint density at radius 3 is 1.92 bits per heavy atom. The van der Waals surface area contributed by atoms with Crippen LogP contribution in [0, 0.1) is 0 Å². The third-order valence-electron chi connectivity index (χ3n) is 3.56. The molecule has 0 unspecified atom stereocenters. The van der Waals surface area contributed by atoms with Gasteiger partial charge in [0.2, 0.25) is 0 Å². The smallest absolute Gasteiger partial charge is 0.357 e. The predicted molar refractivity (Wildman–Crippen MR) is 98.0 cm³/mol. The number of nitrogens with zero attached hydrogens (tertiary/aromatic N) is 1. The molecule has 26 heavy (non-hydrogen) atoms. The lowest BCUT2D eigenvalue weighted by atomic mass is 10.1. The van der Waals surface area contributed by atoms with Crippen LogP contribution in [0.25, 0.3) is 11.1 Å². The number of benzene rings is 2. The van der Waals surface area contributed by atoms with Gasteiger partial charge in [-0.05, 0) is 35.4 Å². The maximum Gasteiger partial charge on any atom is 0.357 e. The van der Waals surface area contributed by atoms with Gasteiger partial charge in [-0.25, -0.2) is 4.79 Å². The molecule has 7 N–H and O–H groups in total. The van der Waals surface area contributed by atoms with Crippen molar-refractivity contribution < 1.29 is 19.8 Å². The van der Waals surface area contributed by atoms with Crippen molar-refractivity contribution in [1.82, 2.24) is 5.43 Å². The molecule has 0 aromatic heterocycles.